The van der Waals surface area contributed by atoms with Gasteiger partial charge in [-0.1, -0.05) is 6.92 Å². The van der Waals surface area contributed by atoms with E-state index in [2.05, 4.69) is 0 Å². The van der Waals surface area contributed by atoms with Crippen molar-refractivity contribution >= 4 is 5.97 Å². The van der Waals surface area contributed by atoms with Gasteiger partial charge in [-0.3, -0.25) is 0 Å². The second-order valence-electron chi connectivity index (χ2n) is 5.80. The summed E-state index contributed by atoms with van der Waals surface area (Å²) in [6, 6.07) is 0. The lowest BCUT2D eigenvalue weighted by molar-refractivity contribution is -0.174. The van der Waals surface area contributed by atoms with Crippen molar-refractivity contribution < 1.29 is 19.7 Å². The van der Waals surface area contributed by atoms with Crippen molar-refractivity contribution in [1.29, 1.82) is 0 Å². The predicted molar refractivity (Wildman–Crippen MR) is 60.2 cm³/mol. The van der Waals surface area contributed by atoms with E-state index in [1.54, 1.807) is 6.92 Å². The molecule has 0 amide bonds. The highest BCUT2D eigenvalue weighted by Crippen LogP contribution is 2.48. The maximum absolute atomic E-state index is 11.2. The molecule has 94 valence electrons. The summed E-state index contributed by atoms with van der Waals surface area (Å²) in [6.45, 7) is 9.22. The molecule has 0 saturated carbocycles. The summed E-state index contributed by atoms with van der Waals surface area (Å²) in [5, 5.41) is 19.5. The molecule has 4 heteroatoms. The van der Waals surface area contributed by atoms with Crippen LogP contribution in [0.25, 0.3) is 0 Å². The Kier molecular flexibility index (Phi) is 3.12. The summed E-state index contributed by atoms with van der Waals surface area (Å²) < 4.78 is 5.82. The van der Waals surface area contributed by atoms with E-state index in [-0.39, 0.29) is 12.0 Å². The van der Waals surface area contributed by atoms with Gasteiger partial charge in [-0.2, -0.15) is 0 Å². The maximum atomic E-state index is 11.2. The van der Waals surface area contributed by atoms with Crippen molar-refractivity contribution in [2.45, 2.75) is 64.3 Å². The third-order valence-corrected chi connectivity index (χ3v) is 3.56. The molecule has 1 fully saturated rings. The van der Waals surface area contributed by atoms with E-state index in [1.165, 1.54) is 0 Å². The number of carbonyl (C=O) groups is 1. The fraction of sp³-hybridized carbons (Fsp3) is 0.917. The first-order chi connectivity index (χ1) is 7.05. The average molecular weight is 230 g/mol. The van der Waals surface area contributed by atoms with Crippen molar-refractivity contribution in [2.75, 3.05) is 0 Å². The van der Waals surface area contributed by atoms with Crippen molar-refractivity contribution in [3.8, 4) is 0 Å². The monoisotopic (exact) mass is 230 g/mol. The smallest absolute Gasteiger partial charge is 0.336 e. The van der Waals surface area contributed by atoms with Gasteiger partial charge in [0.2, 0.25) is 0 Å². The van der Waals surface area contributed by atoms with Crippen LogP contribution in [-0.4, -0.2) is 33.0 Å². The van der Waals surface area contributed by atoms with Crippen LogP contribution in [0.4, 0.5) is 0 Å². The van der Waals surface area contributed by atoms with Crippen LogP contribution in [0.15, 0.2) is 0 Å². The number of hydrogen-bond donors (Lipinski definition) is 2. The number of carboxylic acid groups (broad SMARTS) is 1. The van der Waals surface area contributed by atoms with Crippen LogP contribution in [0, 0.1) is 5.92 Å². The molecule has 0 aromatic heterocycles. The molecule has 16 heavy (non-hydrogen) atoms. The second kappa shape index (κ2) is 3.70. The van der Waals surface area contributed by atoms with Gasteiger partial charge in [0.1, 0.15) is 0 Å². The van der Waals surface area contributed by atoms with Gasteiger partial charge in [-0.05, 0) is 40.5 Å². The van der Waals surface area contributed by atoms with E-state index in [9.17, 15) is 15.0 Å². The van der Waals surface area contributed by atoms with E-state index < -0.39 is 23.1 Å². The Balaban J connectivity index is 3.08. The van der Waals surface area contributed by atoms with Crippen LogP contribution in [-0.2, 0) is 9.53 Å². The first-order valence-electron chi connectivity index (χ1n) is 5.71. The number of rotatable bonds is 3. The molecule has 1 heterocycles. The number of hydrogen-bond acceptors (Lipinski definition) is 3. The van der Waals surface area contributed by atoms with Crippen LogP contribution in [0.5, 0.6) is 0 Å². The molecule has 0 aliphatic carbocycles. The molecule has 2 unspecified atom stereocenters. The van der Waals surface area contributed by atoms with Crippen LogP contribution in [0.1, 0.15) is 47.5 Å². The molecular weight excluding hydrogens is 208 g/mol. The average Bonchev–Trinajstić information content (AvgIpc) is 2.33. The van der Waals surface area contributed by atoms with Crippen molar-refractivity contribution in [3.63, 3.8) is 0 Å². The van der Waals surface area contributed by atoms with E-state index in [0.717, 1.165) is 0 Å². The first-order valence-corrected chi connectivity index (χ1v) is 5.71. The van der Waals surface area contributed by atoms with Gasteiger partial charge in [0.25, 0.3) is 0 Å². The molecule has 0 bridgehead atoms. The normalized spacial score (nSPS) is 31.0. The zero-order valence-electron chi connectivity index (χ0n) is 10.7. The molecule has 1 rings (SSSR count). The van der Waals surface area contributed by atoms with E-state index in [1.807, 2.05) is 27.7 Å². The summed E-state index contributed by atoms with van der Waals surface area (Å²) >= 11 is 0. The molecule has 0 radical (unpaired) electrons. The predicted octanol–water partition coefficient (Wildman–Crippen LogP) is 1.81. The number of ether oxygens (including phenoxy) is 1. The molecule has 4 nitrogen and oxygen atoms in total. The molecule has 0 spiro atoms. The zero-order valence-corrected chi connectivity index (χ0v) is 10.7. The van der Waals surface area contributed by atoms with E-state index >= 15 is 0 Å². The topological polar surface area (TPSA) is 66.8 Å². The van der Waals surface area contributed by atoms with Gasteiger partial charge in [-0.25, -0.2) is 4.79 Å². The lowest BCUT2D eigenvalue weighted by Gasteiger charge is -2.36. The molecule has 0 aromatic rings. The van der Waals surface area contributed by atoms with Crippen LogP contribution >= 0.6 is 0 Å². The minimum Gasteiger partial charge on any atom is -0.479 e. The van der Waals surface area contributed by atoms with Gasteiger partial charge < -0.3 is 14.9 Å². The number of aliphatic hydroxyl groups is 1. The molecule has 0 aromatic carbocycles. The lowest BCUT2D eigenvalue weighted by Crippen LogP contribution is -2.51. The van der Waals surface area contributed by atoms with Gasteiger partial charge in [0.05, 0.1) is 11.2 Å². The van der Waals surface area contributed by atoms with Gasteiger partial charge in [-0.15, -0.1) is 0 Å². The molecule has 2 N–H and O–H groups in total. The summed E-state index contributed by atoms with van der Waals surface area (Å²) in [7, 11) is 0. The summed E-state index contributed by atoms with van der Waals surface area (Å²) in [4.78, 5) is 11.2. The summed E-state index contributed by atoms with van der Waals surface area (Å²) in [5.74, 6) is -1.55. The molecule has 1 saturated heterocycles. The maximum Gasteiger partial charge on any atom is 0.336 e. The van der Waals surface area contributed by atoms with E-state index in [4.69, 9.17) is 4.74 Å². The van der Waals surface area contributed by atoms with Crippen molar-refractivity contribution in [3.05, 3.63) is 0 Å². The fourth-order valence-corrected chi connectivity index (χ4v) is 2.85. The number of carboxylic acids is 1. The lowest BCUT2D eigenvalue weighted by atomic mass is 9.73. The molecule has 1 aliphatic heterocycles. The Labute approximate surface area is 96.6 Å². The Morgan fingerprint density at radius 2 is 1.94 bits per heavy atom. The Hall–Kier alpha value is -0.610. The quantitative estimate of drug-likeness (QED) is 0.776. The summed E-state index contributed by atoms with van der Waals surface area (Å²) in [6.07, 6.45) is 0.743. The highest BCUT2D eigenvalue weighted by molar-refractivity contribution is 5.77. The third-order valence-electron chi connectivity index (χ3n) is 3.56. The van der Waals surface area contributed by atoms with Gasteiger partial charge >= 0.3 is 5.97 Å². The van der Waals surface area contributed by atoms with E-state index in [0.29, 0.717) is 6.42 Å². The van der Waals surface area contributed by atoms with Crippen molar-refractivity contribution in [1.82, 2.24) is 0 Å². The molecular formula is C12H22O4. The van der Waals surface area contributed by atoms with Crippen LogP contribution in [0.3, 0.4) is 0 Å². The summed E-state index contributed by atoms with van der Waals surface area (Å²) in [5.41, 5.74) is -2.70. The minimum atomic E-state index is -1.70. The SMILES string of the molecule is CCC(O)(C(=O)O)C1CC(C)(C)OC1(C)C. The third kappa shape index (κ3) is 2.09. The Bertz CT molecular complexity index is 295. The van der Waals surface area contributed by atoms with Gasteiger partial charge in [0, 0.05) is 5.92 Å². The van der Waals surface area contributed by atoms with Gasteiger partial charge in [0.15, 0.2) is 5.60 Å². The molecule has 1 aliphatic rings. The van der Waals surface area contributed by atoms with Crippen molar-refractivity contribution in [2.24, 2.45) is 5.92 Å². The highest BCUT2D eigenvalue weighted by atomic mass is 16.5. The molecule has 2 atom stereocenters. The standard InChI is InChI=1S/C12H22O4/c1-6-12(15,9(13)14)8-7-10(2,3)16-11(8,4)5/h8,15H,6-7H2,1-5H3,(H,13,14). The van der Waals surface area contributed by atoms with Crippen LogP contribution < -0.4 is 0 Å². The minimum absolute atomic E-state index is 0.190. The first kappa shape index (κ1) is 13.5. The zero-order chi connectivity index (χ0) is 12.8. The fourth-order valence-electron chi connectivity index (χ4n) is 2.85. The number of aliphatic carboxylic acids is 1. The highest BCUT2D eigenvalue weighted by Gasteiger charge is 2.57. The Morgan fingerprint density at radius 1 is 1.44 bits per heavy atom. The van der Waals surface area contributed by atoms with Crippen LogP contribution in [0.2, 0.25) is 0 Å². The Morgan fingerprint density at radius 3 is 2.19 bits per heavy atom. The second-order valence-corrected chi connectivity index (χ2v) is 5.80. The largest absolute Gasteiger partial charge is 0.479 e.